The second-order valence-corrected chi connectivity index (χ2v) is 9.31. The molecule has 2 unspecified atom stereocenters. The van der Waals surface area contributed by atoms with Crippen molar-refractivity contribution in [2.24, 2.45) is 13.0 Å². The molecule has 1 heterocycles. The van der Waals surface area contributed by atoms with E-state index < -0.39 is 23.6 Å². The molecule has 2 atom stereocenters. The van der Waals surface area contributed by atoms with Crippen LogP contribution in [0.25, 0.3) is 10.9 Å². The normalized spacial score (nSPS) is 18.8. The summed E-state index contributed by atoms with van der Waals surface area (Å²) in [6.07, 6.45) is -2.81. The molecule has 1 aliphatic rings. The molecule has 176 valence electrons. The number of rotatable bonds is 5. The summed E-state index contributed by atoms with van der Waals surface area (Å²) < 4.78 is 47.5. The summed E-state index contributed by atoms with van der Waals surface area (Å²) in [5.74, 6) is -0.841. The molecule has 0 saturated heterocycles. The molecule has 4 nitrogen and oxygen atoms in total. The molecule has 1 saturated carbocycles. The number of alkyl halides is 3. The minimum absolute atomic E-state index is 0.251. The number of halogens is 5. The average Bonchev–Trinajstić information content (AvgIpc) is 3.32. The van der Waals surface area contributed by atoms with Gasteiger partial charge < -0.3 is 14.4 Å². The number of nitrogens with zero attached hydrogens (tertiary/aromatic N) is 1. The van der Waals surface area contributed by atoms with Crippen molar-refractivity contribution in [2.45, 2.75) is 44.9 Å². The van der Waals surface area contributed by atoms with Crippen LogP contribution in [0.4, 0.5) is 13.2 Å². The second-order valence-electron chi connectivity index (χ2n) is 8.52. The van der Waals surface area contributed by atoms with E-state index in [1.165, 1.54) is 0 Å². The molecule has 0 amide bonds. The Bertz CT molecular complexity index is 1240. The average molecular weight is 500 g/mol. The molecule has 9 heteroatoms. The number of hydrogen-bond acceptors (Lipinski definition) is 2. The van der Waals surface area contributed by atoms with E-state index in [-0.39, 0.29) is 6.10 Å². The van der Waals surface area contributed by atoms with Crippen molar-refractivity contribution in [3.8, 4) is 5.75 Å². The first-order valence-electron chi connectivity index (χ1n) is 10.5. The fraction of sp³-hybridized carbons (Fsp3) is 0.375. The van der Waals surface area contributed by atoms with Crippen LogP contribution in [0.1, 0.15) is 41.6 Å². The first-order chi connectivity index (χ1) is 15.5. The van der Waals surface area contributed by atoms with Crippen LogP contribution in [0.15, 0.2) is 30.3 Å². The zero-order chi connectivity index (χ0) is 24.1. The van der Waals surface area contributed by atoms with Crippen molar-refractivity contribution in [1.82, 2.24) is 4.57 Å². The molecule has 0 radical (unpaired) electrons. The number of carboxylic acids is 1. The van der Waals surface area contributed by atoms with Crippen molar-refractivity contribution >= 4 is 40.1 Å². The van der Waals surface area contributed by atoms with Crippen LogP contribution in [-0.4, -0.2) is 21.7 Å². The molecule has 33 heavy (non-hydrogen) atoms. The van der Waals surface area contributed by atoms with E-state index in [2.05, 4.69) is 0 Å². The number of fused-ring (bicyclic) bond motifs is 1. The van der Waals surface area contributed by atoms with Crippen LogP contribution in [0.3, 0.4) is 0 Å². The largest absolute Gasteiger partial charge is 0.489 e. The maximum atomic E-state index is 13.3. The van der Waals surface area contributed by atoms with Gasteiger partial charge in [0.25, 0.3) is 0 Å². The summed E-state index contributed by atoms with van der Waals surface area (Å²) in [6, 6.07) is 7.46. The lowest BCUT2D eigenvalue weighted by molar-refractivity contribution is -0.141. The monoisotopic (exact) mass is 499 g/mol. The predicted molar refractivity (Wildman–Crippen MR) is 121 cm³/mol. The number of hydrogen-bond donors (Lipinski definition) is 1. The van der Waals surface area contributed by atoms with E-state index in [1.54, 1.807) is 30.7 Å². The molecule has 0 bridgehead atoms. The molecule has 1 N–H and O–H groups in total. The van der Waals surface area contributed by atoms with Gasteiger partial charge in [-0.1, -0.05) is 23.2 Å². The van der Waals surface area contributed by atoms with Gasteiger partial charge in [0, 0.05) is 35.1 Å². The Balaban J connectivity index is 1.65. The van der Waals surface area contributed by atoms with Gasteiger partial charge in [0.05, 0.1) is 22.6 Å². The number of aromatic nitrogens is 1. The standard InChI is InChI=1S/C24H22Cl2F3NO3/c1-12-7-14(24(27,28)29)9-20-17(12)10-15(30(20)2)11-18-19(25)5-6-21(22(18)26)33-16-4-3-13(8-16)23(31)32/h5-7,9-10,13,16H,3-4,8,11H2,1-2H3,(H,31,32). The maximum absolute atomic E-state index is 13.3. The Morgan fingerprint density at radius 1 is 1.21 bits per heavy atom. The molecule has 4 rings (SSSR count). The number of aliphatic carboxylic acids is 1. The van der Waals surface area contributed by atoms with Gasteiger partial charge in [-0.05, 0) is 67.6 Å². The Morgan fingerprint density at radius 3 is 2.58 bits per heavy atom. The molecule has 0 spiro atoms. The third-order valence-electron chi connectivity index (χ3n) is 6.33. The number of carboxylic acid groups (broad SMARTS) is 1. The lowest BCUT2D eigenvalue weighted by Gasteiger charge is -2.17. The van der Waals surface area contributed by atoms with Gasteiger partial charge >= 0.3 is 12.1 Å². The van der Waals surface area contributed by atoms with E-state index in [9.17, 15) is 23.1 Å². The highest BCUT2D eigenvalue weighted by Crippen LogP contribution is 2.39. The van der Waals surface area contributed by atoms with Gasteiger partial charge in [0.2, 0.25) is 0 Å². The molecule has 1 fully saturated rings. The molecular formula is C24H22Cl2F3NO3. The summed E-state index contributed by atoms with van der Waals surface area (Å²) >= 11 is 13.0. The highest BCUT2D eigenvalue weighted by molar-refractivity contribution is 6.37. The molecule has 2 aromatic carbocycles. The molecular weight excluding hydrogens is 478 g/mol. The van der Waals surface area contributed by atoms with Gasteiger partial charge in [-0.25, -0.2) is 0 Å². The third-order valence-corrected chi connectivity index (χ3v) is 7.10. The second kappa shape index (κ2) is 8.76. The lowest BCUT2D eigenvalue weighted by atomic mass is 10.1. The minimum Gasteiger partial charge on any atom is -0.489 e. The number of ether oxygens (including phenoxy) is 1. The predicted octanol–water partition coefficient (Wildman–Crippen LogP) is 7.04. The van der Waals surface area contributed by atoms with Crippen molar-refractivity contribution in [3.05, 3.63) is 62.8 Å². The number of benzene rings is 2. The molecule has 1 aromatic heterocycles. The number of aryl methyl sites for hydroxylation is 2. The van der Waals surface area contributed by atoms with Gasteiger partial charge in [0.15, 0.2) is 0 Å². The van der Waals surface area contributed by atoms with Crippen LogP contribution in [-0.2, 0) is 24.4 Å². The van der Waals surface area contributed by atoms with Crippen molar-refractivity contribution < 1.29 is 27.8 Å². The fourth-order valence-electron chi connectivity index (χ4n) is 4.46. The Kier molecular flexibility index (Phi) is 6.31. The number of carbonyl (C=O) groups is 1. The van der Waals surface area contributed by atoms with E-state index in [4.69, 9.17) is 27.9 Å². The van der Waals surface area contributed by atoms with Gasteiger partial charge in [0.1, 0.15) is 5.75 Å². The Labute approximate surface area is 198 Å². The topological polar surface area (TPSA) is 51.5 Å². The first-order valence-corrected chi connectivity index (χ1v) is 11.2. The van der Waals surface area contributed by atoms with Crippen LogP contribution in [0, 0.1) is 12.8 Å². The Hall–Kier alpha value is -2.38. The smallest absolute Gasteiger partial charge is 0.416 e. The highest BCUT2D eigenvalue weighted by Gasteiger charge is 2.33. The van der Waals surface area contributed by atoms with Crippen molar-refractivity contribution in [1.29, 1.82) is 0 Å². The SMILES string of the molecule is Cc1cc(C(F)(F)F)cc2c1cc(Cc1c(Cl)ccc(OC3CCC(C(=O)O)C3)c1Cl)n2C. The quantitative estimate of drug-likeness (QED) is 0.409. The minimum atomic E-state index is -4.43. The van der Waals surface area contributed by atoms with Crippen molar-refractivity contribution in [2.75, 3.05) is 0 Å². The van der Waals surface area contributed by atoms with Crippen LogP contribution >= 0.6 is 23.2 Å². The van der Waals surface area contributed by atoms with Crippen LogP contribution in [0.2, 0.25) is 10.0 Å². The maximum Gasteiger partial charge on any atom is 0.416 e. The van der Waals surface area contributed by atoms with Crippen LogP contribution < -0.4 is 4.74 Å². The van der Waals surface area contributed by atoms with Gasteiger partial charge in [-0.2, -0.15) is 13.2 Å². The molecule has 0 aliphatic heterocycles. The lowest BCUT2D eigenvalue weighted by Crippen LogP contribution is -2.16. The third kappa shape index (κ3) is 4.66. The van der Waals surface area contributed by atoms with Crippen molar-refractivity contribution in [3.63, 3.8) is 0 Å². The molecule has 1 aliphatic carbocycles. The fourth-order valence-corrected chi connectivity index (χ4v) is 5.01. The molecule has 3 aromatic rings. The first kappa shape index (κ1) is 23.8. The zero-order valence-electron chi connectivity index (χ0n) is 18.0. The summed E-state index contributed by atoms with van der Waals surface area (Å²) in [4.78, 5) is 11.2. The van der Waals surface area contributed by atoms with Gasteiger partial charge in [-0.15, -0.1) is 0 Å². The summed E-state index contributed by atoms with van der Waals surface area (Å²) in [5.41, 5.74) is 1.67. The Morgan fingerprint density at radius 2 is 1.94 bits per heavy atom. The van der Waals surface area contributed by atoms with E-state index in [1.807, 2.05) is 6.07 Å². The van der Waals surface area contributed by atoms with Crippen LogP contribution in [0.5, 0.6) is 5.75 Å². The summed E-state index contributed by atoms with van der Waals surface area (Å²) in [7, 11) is 1.71. The van der Waals surface area contributed by atoms with E-state index >= 15 is 0 Å². The van der Waals surface area contributed by atoms with E-state index in [0.29, 0.717) is 58.1 Å². The summed E-state index contributed by atoms with van der Waals surface area (Å²) in [5, 5.41) is 10.7. The highest BCUT2D eigenvalue weighted by atomic mass is 35.5. The van der Waals surface area contributed by atoms with E-state index in [0.717, 1.165) is 23.2 Å². The van der Waals surface area contributed by atoms with Gasteiger partial charge in [-0.3, -0.25) is 4.79 Å². The summed E-state index contributed by atoms with van der Waals surface area (Å²) in [6.45, 7) is 1.65. The zero-order valence-corrected chi connectivity index (χ0v) is 19.5.